The molecule has 0 atom stereocenters. The van der Waals surface area contributed by atoms with E-state index in [1.165, 1.54) is 0 Å². The van der Waals surface area contributed by atoms with Crippen LogP contribution in [0, 0.1) is 6.92 Å². The third-order valence-corrected chi connectivity index (χ3v) is 5.60. The number of allylic oxidation sites excluding steroid dienone is 2. The summed E-state index contributed by atoms with van der Waals surface area (Å²) in [6, 6.07) is 26.1. The van der Waals surface area contributed by atoms with Crippen molar-refractivity contribution in [3.63, 3.8) is 0 Å². The van der Waals surface area contributed by atoms with Gasteiger partial charge in [0.05, 0.1) is 6.61 Å². The molecule has 32 heavy (non-hydrogen) atoms. The summed E-state index contributed by atoms with van der Waals surface area (Å²) in [4.78, 5) is 29.0. The van der Waals surface area contributed by atoms with Gasteiger partial charge in [0.15, 0.2) is 11.6 Å². The summed E-state index contributed by atoms with van der Waals surface area (Å²) < 4.78 is 0. The highest BCUT2D eigenvalue weighted by Crippen LogP contribution is 2.39. The maximum Gasteiger partial charge on any atom is 0.191 e. The molecule has 0 unspecified atom stereocenters. The molecule has 0 spiro atoms. The number of carbonyl (C=O) groups excluding carboxylic acids is 2. The Kier molecular flexibility index (Phi) is 6.43. The number of benzene rings is 3. The van der Waals surface area contributed by atoms with E-state index >= 15 is 0 Å². The zero-order chi connectivity index (χ0) is 22.5. The lowest BCUT2D eigenvalue weighted by Crippen LogP contribution is -2.29. The molecule has 0 aliphatic carbocycles. The van der Waals surface area contributed by atoms with E-state index < -0.39 is 5.92 Å². The van der Waals surface area contributed by atoms with Crippen molar-refractivity contribution in [3.8, 4) is 0 Å². The van der Waals surface area contributed by atoms with Crippen molar-refractivity contribution < 1.29 is 14.7 Å². The van der Waals surface area contributed by atoms with E-state index in [2.05, 4.69) is 0 Å². The van der Waals surface area contributed by atoms with Crippen LogP contribution in [-0.2, 0) is 0 Å². The monoisotopic (exact) mass is 423 g/mol. The van der Waals surface area contributed by atoms with Crippen molar-refractivity contribution in [1.82, 2.24) is 4.90 Å². The van der Waals surface area contributed by atoms with E-state index in [4.69, 9.17) is 0 Å². The Bertz CT molecular complexity index is 1090. The first kappa shape index (κ1) is 21.5. The van der Waals surface area contributed by atoms with Gasteiger partial charge in [-0.3, -0.25) is 9.59 Å². The van der Waals surface area contributed by atoms with Crippen molar-refractivity contribution >= 4 is 11.6 Å². The lowest BCUT2D eigenvalue weighted by atomic mass is 9.77. The zero-order valence-corrected chi connectivity index (χ0v) is 17.9. The Labute approximate surface area is 188 Å². The summed E-state index contributed by atoms with van der Waals surface area (Å²) in [6.07, 6.45) is 3.52. The number of aryl methyl sites for hydroxylation is 1. The smallest absolute Gasteiger partial charge is 0.191 e. The van der Waals surface area contributed by atoms with Gasteiger partial charge in [-0.15, -0.1) is 0 Å². The van der Waals surface area contributed by atoms with Crippen LogP contribution in [0.4, 0.5) is 0 Å². The van der Waals surface area contributed by atoms with Gasteiger partial charge in [0.1, 0.15) is 0 Å². The van der Waals surface area contributed by atoms with Crippen LogP contribution in [0.5, 0.6) is 0 Å². The highest BCUT2D eigenvalue weighted by atomic mass is 16.3. The number of β-amino-alcohol motifs (C(OH)–C–C–N with tert-alkyl or cyclic N) is 1. The fourth-order valence-corrected chi connectivity index (χ4v) is 3.97. The standard InChI is InChI=1S/C28H25NO3/c1-20-12-14-21(15-13-20)26-24(27(31)22-8-4-2-5-9-22)18-29(16-17-30)19-25(26)28(32)23-10-6-3-7-11-23/h2-15,18-19,26,30H,16-17H2,1H3. The molecule has 4 nitrogen and oxygen atoms in total. The summed E-state index contributed by atoms with van der Waals surface area (Å²) in [5, 5.41) is 9.55. The van der Waals surface area contributed by atoms with Crippen LogP contribution in [-0.4, -0.2) is 34.7 Å². The Morgan fingerprint density at radius 3 is 1.66 bits per heavy atom. The molecule has 0 aromatic heterocycles. The summed E-state index contributed by atoms with van der Waals surface area (Å²) >= 11 is 0. The summed E-state index contributed by atoms with van der Waals surface area (Å²) in [6.45, 7) is 2.20. The molecule has 4 heteroatoms. The number of hydrogen-bond donors (Lipinski definition) is 1. The second-order valence-corrected chi connectivity index (χ2v) is 7.86. The van der Waals surface area contributed by atoms with Crippen LogP contribution in [0.25, 0.3) is 0 Å². The number of ketones is 2. The zero-order valence-electron chi connectivity index (χ0n) is 17.9. The topological polar surface area (TPSA) is 57.6 Å². The minimum atomic E-state index is -0.508. The van der Waals surface area contributed by atoms with Gasteiger partial charge in [-0.1, -0.05) is 90.5 Å². The van der Waals surface area contributed by atoms with Gasteiger partial charge in [0, 0.05) is 47.1 Å². The molecule has 0 saturated heterocycles. The number of rotatable bonds is 7. The molecule has 4 rings (SSSR count). The molecule has 160 valence electrons. The molecule has 0 radical (unpaired) electrons. The number of aliphatic hydroxyl groups is 1. The first-order valence-electron chi connectivity index (χ1n) is 10.6. The van der Waals surface area contributed by atoms with Crippen molar-refractivity contribution in [1.29, 1.82) is 0 Å². The molecule has 3 aromatic rings. The third kappa shape index (κ3) is 4.46. The first-order valence-corrected chi connectivity index (χ1v) is 10.6. The van der Waals surface area contributed by atoms with Gasteiger partial charge in [0.25, 0.3) is 0 Å². The van der Waals surface area contributed by atoms with Crippen LogP contribution in [0.3, 0.4) is 0 Å². The van der Waals surface area contributed by atoms with Gasteiger partial charge in [-0.25, -0.2) is 0 Å². The SMILES string of the molecule is Cc1ccc(C2C(C(=O)c3ccccc3)=CN(CCO)C=C2C(=O)c2ccccc2)cc1. The Morgan fingerprint density at radius 2 is 1.22 bits per heavy atom. The number of Topliss-reactive ketones (excluding diaryl/α,β-unsaturated/α-hetero) is 2. The molecule has 3 aromatic carbocycles. The molecular weight excluding hydrogens is 398 g/mol. The van der Waals surface area contributed by atoms with Crippen molar-refractivity contribution in [3.05, 3.63) is 131 Å². The molecule has 1 aliphatic rings. The van der Waals surface area contributed by atoms with Crippen molar-refractivity contribution in [2.45, 2.75) is 12.8 Å². The van der Waals surface area contributed by atoms with Gasteiger partial charge < -0.3 is 10.0 Å². The van der Waals surface area contributed by atoms with Gasteiger partial charge in [-0.2, -0.15) is 0 Å². The van der Waals surface area contributed by atoms with E-state index in [0.29, 0.717) is 22.3 Å². The van der Waals surface area contributed by atoms with E-state index in [1.54, 1.807) is 41.6 Å². The Balaban J connectivity index is 1.86. The third-order valence-electron chi connectivity index (χ3n) is 5.60. The first-order chi connectivity index (χ1) is 15.6. The van der Waals surface area contributed by atoms with Crippen LogP contribution in [0.2, 0.25) is 0 Å². The minimum absolute atomic E-state index is 0.0954. The maximum absolute atomic E-state index is 13.6. The predicted molar refractivity (Wildman–Crippen MR) is 125 cm³/mol. The molecule has 0 fully saturated rings. The fourth-order valence-electron chi connectivity index (χ4n) is 3.97. The van der Waals surface area contributed by atoms with E-state index in [1.807, 2.05) is 67.6 Å². The fraction of sp³-hybridized carbons (Fsp3) is 0.143. The lowest BCUT2D eigenvalue weighted by Gasteiger charge is -2.31. The van der Waals surface area contributed by atoms with Gasteiger partial charge >= 0.3 is 0 Å². The normalized spacial score (nSPS) is 14.0. The molecule has 1 N–H and O–H groups in total. The van der Waals surface area contributed by atoms with Crippen LogP contribution < -0.4 is 0 Å². The number of hydrogen-bond acceptors (Lipinski definition) is 4. The molecular formula is C28H25NO3. The highest BCUT2D eigenvalue weighted by Gasteiger charge is 2.34. The van der Waals surface area contributed by atoms with E-state index in [-0.39, 0.29) is 24.7 Å². The quantitative estimate of drug-likeness (QED) is 0.548. The second kappa shape index (κ2) is 9.58. The second-order valence-electron chi connectivity index (χ2n) is 7.86. The average molecular weight is 424 g/mol. The predicted octanol–water partition coefficient (Wildman–Crippen LogP) is 4.92. The van der Waals surface area contributed by atoms with Crippen LogP contribution in [0.15, 0.2) is 108 Å². The molecule has 0 saturated carbocycles. The van der Waals surface area contributed by atoms with Gasteiger partial charge in [0.2, 0.25) is 0 Å². The number of aliphatic hydroxyl groups excluding tert-OH is 1. The summed E-state index contributed by atoms with van der Waals surface area (Å²) in [5.41, 5.74) is 4.13. The summed E-state index contributed by atoms with van der Waals surface area (Å²) in [5.74, 6) is -0.776. The largest absolute Gasteiger partial charge is 0.395 e. The summed E-state index contributed by atoms with van der Waals surface area (Å²) in [7, 11) is 0. The minimum Gasteiger partial charge on any atom is -0.395 e. The average Bonchev–Trinajstić information content (AvgIpc) is 2.84. The van der Waals surface area contributed by atoms with Crippen LogP contribution >= 0.6 is 0 Å². The van der Waals surface area contributed by atoms with Crippen molar-refractivity contribution in [2.24, 2.45) is 0 Å². The van der Waals surface area contributed by atoms with Gasteiger partial charge in [-0.05, 0) is 12.5 Å². The Hall–Kier alpha value is -3.76. The molecule has 1 aliphatic heterocycles. The number of nitrogens with zero attached hydrogens (tertiary/aromatic N) is 1. The van der Waals surface area contributed by atoms with E-state index in [0.717, 1.165) is 11.1 Å². The molecule has 1 heterocycles. The highest BCUT2D eigenvalue weighted by molar-refractivity contribution is 6.15. The maximum atomic E-state index is 13.6. The number of carbonyl (C=O) groups is 2. The van der Waals surface area contributed by atoms with Crippen LogP contribution in [0.1, 0.15) is 37.8 Å². The van der Waals surface area contributed by atoms with Crippen molar-refractivity contribution in [2.75, 3.05) is 13.2 Å². The molecule has 0 bridgehead atoms. The lowest BCUT2D eigenvalue weighted by molar-refractivity contribution is 0.101. The molecule has 0 amide bonds. The van der Waals surface area contributed by atoms with E-state index in [9.17, 15) is 14.7 Å². The Morgan fingerprint density at radius 1 is 0.750 bits per heavy atom.